The monoisotopic (exact) mass is 260 g/mol. The van der Waals surface area contributed by atoms with Crippen LogP contribution in [-0.4, -0.2) is 29.5 Å². The molecule has 0 aliphatic heterocycles. The quantitative estimate of drug-likeness (QED) is 0.706. The number of hydrogen-bond donors (Lipinski definition) is 0. The highest BCUT2D eigenvalue weighted by Crippen LogP contribution is 2.11. The van der Waals surface area contributed by atoms with E-state index < -0.39 is 17.1 Å². The lowest BCUT2D eigenvalue weighted by atomic mass is 10.4. The molecular formula is C12H17FO3S. The van der Waals surface area contributed by atoms with Crippen LogP contribution >= 0.6 is 0 Å². The van der Waals surface area contributed by atoms with Gasteiger partial charge in [0.15, 0.2) is 6.29 Å². The Labute approximate surface area is 103 Å². The Balaban J connectivity index is 2.63. The second-order valence-electron chi connectivity index (χ2n) is 3.31. The standard InChI is InChI=1S/C12H17FO3S/c1-3-15-12(16-4-2)9-17(14)11-7-5-6-10(13)8-11/h5-8,12H,3-4,9H2,1-2H3. The van der Waals surface area contributed by atoms with Crippen molar-refractivity contribution in [3.05, 3.63) is 30.1 Å². The molecular weight excluding hydrogens is 243 g/mol. The molecule has 1 aromatic carbocycles. The largest absolute Gasteiger partial charge is 0.352 e. The van der Waals surface area contributed by atoms with E-state index >= 15 is 0 Å². The predicted octanol–water partition coefficient (Wildman–Crippen LogP) is 2.33. The van der Waals surface area contributed by atoms with E-state index in [1.807, 2.05) is 13.8 Å². The SMILES string of the molecule is CCOC(CS(=O)c1cccc(F)c1)OCC. The zero-order valence-corrected chi connectivity index (χ0v) is 10.8. The van der Waals surface area contributed by atoms with Crippen molar-refractivity contribution in [1.29, 1.82) is 0 Å². The fourth-order valence-electron chi connectivity index (χ4n) is 1.34. The molecule has 0 saturated carbocycles. The van der Waals surface area contributed by atoms with Crippen LogP contribution in [0.1, 0.15) is 13.8 Å². The Morgan fingerprint density at radius 2 is 1.94 bits per heavy atom. The summed E-state index contributed by atoms with van der Waals surface area (Å²) >= 11 is 0. The smallest absolute Gasteiger partial charge is 0.169 e. The Morgan fingerprint density at radius 1 is 1.29 bits per heavy atom. The summed E-state index contributed by atoms with van der Waals surface area (Å²) in [6.07, 6.45) is -0.505. The molecule has 0 N–H and O–H groups in total. The minimum atomic E-state index is -1.32. The molecule has 1 atom stereocenters. The maximum atomic E-state index is 13.0. The van der Waals surface area contributed by atoms with Gasteiger partial charge in [0, 0.05) is 18.1 Å². The van der Waals surface area contributed by atoms with Gasteiger partial charge in [0.25, 0.3) is 0 Å². The van der Waals surface area contributed by atoms with Crippen LogP contribution in [0.3, 0.4) is 0 Å². The van der Waals surface area contributed by atoms with E-state index in [2.05, 4.69) is 0 Å². The van der Waals surface area contributed by atoms with E-state index in [1.54, 1.807) is 12.1 Å². The van der Waals surface area contributed by atoms with Crippen LogP contribution in [0.4, 0.5) is 4.39 Å². The van der Waals surface area contributed by atoms with Gasteiger partial charge in [-0.2, -0.15) is 0 Å². The third-order valence-electron chi connectivity index (χ3n) is 2.05. The first-order chi connectivity index (χ1) is 8.17. The average Bonchev–Trinajstić information content (AvgIpc) is 2.29. The maximum Gasteiger partial charge on any atom is 0.169 e. The summed E-state index contributed by atoms with van der Waals surface area (Å²) in [6, 6.07) is 5.77. The zero-order chi connectivity index (χ0) is 12.7. The normalized spacial score (nSPS) is 12.9. The minimum absolute atomic E-state index is 0.213. The molecule has 0 amide bonds. The summed E-state index contributed by atoms with van der Waals surface area (Å²) in [5.74, 6) is -0.175. The van der Waals surface area contributed by atoms with Crippen molar-refractivity contribution in [1.82, 2.24) is 0 Å². The summed E-state index contributed by atoms with van der Waals surface area (Å²) in [4.78, 5) is 0.453. The highest BCUT2D eigenvalue weighted by Gasteiger charge is 2.14. The molecule has 0 spiro atoms. The van der Waals surface area contributed by atoms with Crippen LogP contribution in [0.15, 0.2) is 29.2 Å². The van der Waals surface area contributed by atoms with Crippen LogP contribution in [0, 0.1) is 5.82 Å². The maximum absolute atomic E-state index is 13.0. The molecule has 1 aromatic rings. The summed E-state index contributed by atoms with van der Waals surface area (Å²) in [7, 11) is -1.32. The average molecular weight is 260 g/mol. The van der Waals surface area contributed by atoms with E-state index in [-0.39, 0.29) is 11.6 Å². The molecule has 0 saturated heterocycles. The van der Waals surface area contributed by atoms with E-state index in [4.69, 9.17) is 9.47 Å². The molecule has 1 rings (SSSR count). The molecule has 3 nitrogen and oxygen atoms in total. The Morgan fingerprint density at radius 3 is 2.47 bits per heavy atom. The van der Waals surface area contributed by atoms with Crippen molar-refractivity contribution in [2.45, 2.75) is 25.0 Å². The van der Waals surface area contributed by atoms with Crippen LogP contribution < -0.4 is 0 Å². The van der Waals surface area contributed by atoms with Gasteiger partial charge < -0.3 is 9.47 Å². The zero-order valence-electron chi connectivity index (χ0n) is 10.0. The van der Waals surface area contributed by atoms with Crippen LogP contribution in [-0.2, 0) is 20.3 Å². The molecule has 0 aromatic heterocycles. The van der Waals surface area contributed by atoms with Gasteiger partial charge in [0.1, 0.15) is 5.82 Å². The van der Waals surface area contributed by atoms with Crippen LogP contribution in [0.25, 0.3) is 0 Å². The molecule has 96 valence electrons. The van der Waals surface area contributed by atoms with Crippen molar-refractivity contribution < 1.29 is 18.1 Å². The molecule has 17 heavy (non-hydrogen) atoms. The Hall–Kier alpha value is -0.780. The lowest BCUT2D eigenvalue weighted by molar-refractivity contribution is -0.120. The van der Waals surface area contributed by atoms with Gasteiger partial charge in [-0.25, -0.2) is 4.39 Å². The van der Waals surface area contributed by atoms with E-state index in [9.17, 15) is 8.60 Å². The highest BCUT2D eigenvalue weighted by atomic mass is 32.2. The summed E-state index contributed by atoms with van der Waals surface area (Å²) in [5.41, 5.74) is 0. The highest BCUT2D eigenvalue weighted by molar-refractivity contribution is 7.85. The third kappa shape index (κ3) is 4.93. The van der Waals surface area contributed by atoms with Crippen molar-refractivity contribution >= 4 is 10.8 Å². The lowest BCUT2D eigenvalue weighted by Gasteiger charge is -2.16. The molecule has 0 aliphatic carbocycles. The fraction of sp³-hybridized carbons (Fsp3) is 0.500. The molecule has 0 radical (unpaired) electrons. The van der Waals surface area contributed by atoms with Gasteiger partial charge in [-0.15, -0.1) is 0 Å². The minimum Gasteiger partial charge on any atom is -0.352 e. The molecule has 1 unspecified atom stereocenters. The number of benzene rings is 1. The second kappa shape index (κ2) is 7.53. The Kier molecular flexibility index (Phi) is 6.32. The number of rotatable bonds is 7. The topological polar surface area (TPSA) is 35.5 Å². The van der Waals surface area contributed by atoms with Gasteiger partial charge in [0.05, 0.1) is 16.6 Å². The predicted molar refractivity (Wildman–Crippen MR) is 64.7 cm³/mol. The van der Waals surface area contributed by atoms with E-state index in [1.165, 1.54) is 12.1 Å². The first-order valence-electron chi connectivity index (χ1n) is 5.54. The fourth-order valence-corrected chi connectivity index (χ4v) is 2.45. The summed E-state index contributed by atoms with van der Waals surface area (Å²) in [5, 5.41) is 0. The number of ether oxygens (including phenoxy) is 2. The van der Waals surface area contributed by atoms with Gasteiger partial charge in [0.2, 0.25) is 0 Å². The van der Waals surface area contributed by atoms with Crippen molar-refractivity contribution in [3.8, 4) is 0 Å². The Bertz CT molecular complexity index is 365. The van der Waals surface area contributed by atoms with E-state index in [0.717, 1.165) is 0 Å². The van der Waals surface area contributed by atoms with Crippen LogP contribution in [0.5, 0.6) is 0 Å². The molecule has 0 heterocycles. The first-order valence-corrected chi connectivity index (χ1v) is 6.86. The second-order valence-corrected chi connectivity index (χ2v) is 4.81. The van der Waals surface area contributed by atoms with E-state index in [0.29, 0.717) is 18.1 Å². The third-order valence-corrected chi connectivity index (χ3v) is 3.41. The van der Waals surface area contributed by atoms with Gasteiger partial charge in [-0.3, -0.25) is 4.21 Å². The van der Waals surface area contributed by atoms with Crippen molar-refractivity contribution in [3.63, 3.8) is 0 Å². The molecule has 5 heteroatoms. The summed E-state index contributed by atoms with van der Waals surface area (Å²) in [6.45, 7) is 4.67. The van der Waals surface area contributed by atoms with Crippen LogP contribution in [0.2, 0.25) is 0 Å². The van der Waals surface area contributed by atoms with Crippen molar-refractivity contribution in [2.75, 3.05) is 19.0 Å². The van der Waals surface area contributed by atoms with Gasteiger partial charge in [-0.1, -0.05) is 6.07 Å². The lowest BCUT2D eigenvalue weighted by Crippen LogP contribution is -2.24. The number of hydrogen-bond acceptors (Lipinski definition) is 3. The molecule has 0 fully saturated rings. The van der Waals surface area contributed by atoms with Crippen molar-refractivity contribution in [2.24, 2.45) is 0 Å². The molecule has 0 bridgehead atoms. The van der Waals surface area contributed by atoms with Gasteiger partial charge in [-0.05, 0) is 32.0 Å². The molecule has 0 aliphatic rings. The summed E-state index contributed by atoms with van der Waals surface area (Å²) < 4.78 is 35.5. The first kappa shape index (κ1) is 14.3. The van der Waals surface area contributed by atoms with Gasteiger partial charge >= 0.3 is 0 Å². The number of halogens is 1.